The van der Waals surface area contributed by atoms with Crippen LogP contribution in [0.15, 0.2) is 54.6 Å². The van der Waals surface area contributed by atoms with Crippen LogP contribution in [0.4, 0.5) is 5.82 Å². The highest BCUT2D eigenvalue weighted by Crippen LogP contribution is 2.50. The highest BCUT2D eigenvalue weighted by atomic mass is 16.5. The van der Waals surface area contributed by atoms with Gasteiger partial charge in [0.15, 0.2) is 5.82 Å². The van der Waals surface area contributed by atoms with E-state index in [0.717, 1.165) is 73.0 Å². The van der Waals surface area contributed by atoms with Crippen LogP contribution in [0.25, 0.3) is 11.3 Å². The minimum absolute atomic E-state index is 0.260. The molecular weight excluding hydrogens is 416 g/mol. The molecule has 1 aromatic heterocycles. The summed E-state index contributed by atoms with van der Waals surface area (Å²) in [6, 6.07) is 18.0. The number of nitrogens with one attached hydrogen (secondary N) is 1. The van der Waals surface area contributed by atoms with E-state index in [1.54, 1.807) is 14.2 Å². The molecular formula is C26H30N4O3. The quantitative estimate of drug-likeness (QED) is 0.623. The van der Waals surface area contributed by atoms with Crippen molar-refractivity contribution in [2.24, 2.45) is 0 Å². The van der Waals surface area contributed by atoms with E-state index in [2.05, 4.69) is 21.2 Å². The molecule has 33 heavy (non-hydrogen) atoms. The first-order valence-electron chi connectivity index (χ1n) is 11.5. The van der Waals surface area contributed by atoms with E-state index in [9.17, 15) is 4.79 Å². The maximum atomic E-state index is 13.5. The van der Waals surface area contributed by atoms with Crippen molar-refractivity contribution in [3.63, 3.8) is 0 Å². The highest BCUT2D eigenvalue weighted by molar-refractivity contribution is 5.91. The van der Waals surface area contributed by atoms with Gasteiger partial charge in [-0.2, -0.15) is 5.10 Å². The summed E-state index contributed by atoms with van der Waals surface area (Å²) in [5, 5.41) is 7.70. The van der Waals surface area contributed by atoms with Crippen LogP contribution in [-0.2, 0) is 10.2 Å². The van der Waals surface area contributed by atoms with Gasteiger partial charge < -0.3 is 19.3 Å². The Morgan fingerprint density at radius 2 is 1.58 bits per heavy atom. The van der Waals surface area contributed by atoms with Gasteiger partial charge >= 0.3 is 0 Å². The molecule has 1 saturated heterocycles. The Labute approximate surface area is 194 Å². The van der Waals surface area contributed by atoms with Gasteiger partial charge in [-0.25, -0.2) is 0 Å². The van der Waals surface area contributed by atoms with Crippen LogP contribution in [0.1, 0.15) is 24.8 Å². The maximum absolute atomic E-state index is 13.5. The number of aromatic amines is 1. The molecule has 7 nitrogen and oxygen atoms in total. The maximum Gasteiger partial charge on any atom is 0.233 e. The summed E-state index contributed by atoms with van der Waals surface area (Å²) in [5.41, 5.74) is 2.79. The van der Waals surface area contributed by atoms with Crippen molar-refractivity contribution in [2.75, 3.05) is 45.3 Å². The van der Waals surface area contributed by atoms with Gasteiger partial charge in [-0.3, -0.25) is 9.89 Å². The first-order valence-corrected chi connectivity index (χ1v) is 11.5. The predicted octanol–water partition coefficient (Wildman–Crippen LogP) is 3.86. The lowest BCUT2D eigenvalue weighted by atomic mass is 9.94. The van der Waals surface area contributed by atoms with Gasteiger partial charge in [0, 0.05) is 32.2 Å². The molecule has 2 aromatic carbocycles. The molecule has 1 N–H and O–H groups in total. The summed E-state index contributed by atoms with van der Waals surface area (Å²) >= 11 is 0. The van der Waals surface area contributed by atoms with E-state index in [1.807, 2.05) is 53.4 Å². The summed E-state index contributed by atoms with van der Waals surface area (Å²) < 4.78 is 10.5. The number of rotatable bonds is 6. The smallest absolute Gasteiger partial charge is 0.233 e. The number of anilines is 1. The third-order valence-corrected chi connectivity index (χ3v) is 6.87. The molecule has 172 valence electrons. The van der Waals surface area contributed by atoms with Gasteiger partial charge in [-0.1, -0.05) is 12.1 Å². The average Bonchev–Trinajstić information content (AvgIpc) is 3.60. The molecule has 0 radical (unpaired) electrons. The number of hydrogen-bond acceptors (Lipinski definition) is 5. The Balaban J connectivity index is 1.25. The number of carbonyl (C=O) groups is 1. The number of methoxy groups -OCH3 is 2. The van der Waals surface area contributed by atoms with Crippen LogP contribution in [0.2, 0.25) is 0 Å². The highest BCUT2D eigenvalue weighted by Gasteiger charge is 2.53. The predicted molar refractivity (Wildman–Crippen MR) is 128 cm³/mol. The SMILES string of the molecule is COc1ccc(-c2cc(N3CCCN(C(=O)C4(c5ccc(OC)cc5)CC4)CC3)n[nH]2)cc1. The Kier molecular flexibility index (Phi) is 5.70. The number of benzene rings is 2. The molecule has 2 heterocycles. The van der Waals surface area contributed by atoms with E-state index >= 15 is 0 Å². The van der Waals surface area contributed by atoms with Crippen LogP contribution in [0, 0.1) is 0 Å². The molecule has 1 aliphatic carbocycles. The standard InChI is InChI=1S/C26H30N4O3/c1-32-21-8-4-19(5-9-21)23-18-24(28-27-23)29-14-3-15-30(17-16-29)25(31)26(12-13-26)20-6-10-22(33-2)11-7-20/h4-11,18H,3,12-17H2,1-2H3,(H,27,28). The van der Waals surface area contributed by atoms with E-state index in [-0.39, 0.29) is 11.3 Å². The van der Waals surface area contributed by atoms with Gasteiger partial charge in [0.05, 0.1) is 25.3 Å². The van der Waals surface area contributed by atoms with E-state index < -0.39 is 0 Å². The monoisotopic (exact) mass is 446 g/mol. The fourth-order valence-electron chi connectivity index (χ4n) is 4.70. The Morgan fingerprint density at radius 3 is 2.21 bits per heavy atom. The zero-order chi connectivity index (χ0) is 22.8. The number of nitrogens with zero attached hydrogens (tertiary/aromatic N) is 3. The van der Waals surface area contributed by atoms with Crippen molar-refractivity contribution in [3.8, 4) is 22.8 Å². The molecule has 3 aromatic rings. The molecule has 1 saturated carbocycles. The minimum Gasteiger partial charge on any atom is -0.497 e. The number of amides is 1. The summed E-state index contributed by atoms with van der Waals surface area (Å²) in [7, 11) is 3.33. The van der Waals surface area contributed by atoms with Gasteiger partial charge in [0.25, 0.3) is 0 Å². The number of aromatic nitrogens is 2. The van der Waals surface area contributed by atoms with Crippen molar-refractivity contribution in [3.05, 3.63) is 60.2 Å². The van der Waals surface area contributed by atoms with Crippen LogP contribution in [-0.4, -0.2) is 61.4 Å². The van der Waals surface area contributed by atoms with E-state index in [0.29, 0.717) is 6.54 Å². The molecule has 0 atom stereocenters. The zero-order valence-corrected chi connectivity index (χ0v) is 19.2. The molecule has 0 spiro atoms. The lowest BCUT2D eigenvalue weighted by molar-refractivity contribution is -0.133. The Bertz CT molecular complexity index is 1100. The topological polar surface area (TPSA) is 70.7 Å². The third-order valence-electron chi connectivity index (χ3n) is 6.87. The van der Waals surface area contributed by atoms with Crippen molar-refractivity contribution in [2.45, 2.75) is 24.7 Å². The van der Waals surface area contributed by atoms with Gasteiger partial charge in [0.2, 0.25) is 5.91 Å². The van der Waals surface area contributed by atoms with Gasteiger partial charge in [-0.15, -0.1) is 0 Å². The van der Waals surface area contributed by atoms with Crippen LogP contribution < -0.4 is 14.4 Å². The molecule has 0 bridgehead atoms. The Hall–Kier alpha value is -3.48. The molecule has 5 rings (SSSR count). The number of carbonyl (C=O) groups excluding carboxylic acids is 1. The minimum atomic E-state index is -0.352. The molecule has 2 fully saturated rings. The summed E-state index contributed by atoms with van der Waals surface area (Å²) in [4.78, 5) is 17.8. The van der Waals surface area contributed by atoms with E-state index in [1.165, 1.54) is 0 Å². The van der Waals surface area contributed by atoms with Crippen molar-refractivity contribution in [1.82, 2.24) is 15.1 Å². The number of ether oxygens (including phenoxy) is 2. The van der Waals surface area contributed by atoms with Crippen molar-refractivity contribution in [1.29, 1.82) is 0 Å². The van der Waals surface area contributed by atoms with Gasteiger partial charge in [-0.05, 0) is 66.8 Å². The number of H-pyrrole nitrogens is 1. The van der Waals surface area contributed by atoms with Crippen LogP contribution in [0.3, 0.4) is 0 Å². The molecule has 2 aliphatic rings. The fraction of sp³-hybridized carbons (Fsp3) is 0.385. The van der Waals surface area contributed by atoms with E-state index in [4.69, 9.17) is 9.47 Å². The second kappa shape index (κ2) is 8.81. The summed E-state index contributed by atoms with van der Waals surface area (Å²) in [6.07, 6.45) is 2.76. The molecule has 1 aliphatic heterocycles. The Morgan fingerprint density at radius 1 is 0.909 bits per heavy atom. The molecule has 0 unspecified atom stereocenters. The van der Waals surface area contributed by atoms with Crippen LogP contribution >= 0.6 is 0 Å². The van der Waals surface area contributed by atoms with Gasteiger partial charge in [0.1, 0.15) is 11.5 Å². The van der Waals surface area contributed by atoms with Crippen molar-refractivity contribution >= 4 is 11.7 Å². The first-order chi connectivity index (χ1) is 16.1. The lowest BCUT2D eigenvalue weighted by Crippen LogP contribution is -2.41. The average molecular weight is 447 g/mol. The third kappa shape index (κ3) is 4.15. The second-order valence-corrected chi connectivity index (χ2v) is 8.81. The summed E-state index contributed by atoms with van der Waals surface area (Å²) in [6.45, 7) is 3.15. The second-order valence-electron chi connectivity index (χ2n) is 8.81. The normalized spacial score (nSPS) is 17.4. The summed E-state index contributed by atoms with van der Waals surface area (Å²) in [5.74, 6) is 2.83. The lowest BCUT2D eigenvalue weighted by Gasteiger charge is -2.26. The zero-order valence-electron chi connectivity index (χ0n) is 19.2. The van der Waals surface area contributed by atoms with Crippen LogP contribution in [0.5, 0.6) is 11.5 Å². The molecule has 7 heteroatoms. The molecule has 1 amide bonds. The largest absolute Gasteiger partial charge is 0.497 e. The number of hydrogen-bond donors (Lipinski definition) is 1. The fourth-order valence-corrected chi connectivity index (χ4v) is 4.70. The first kappa shape index (κ1) is 21.4. The van der Waals surface area contributed by atoms with Crippen molar-refractivity contribution < 1.29 is 14.3 Å².